The third-order valence-corrected chi connectivity index (χ3v) is 5.13. The number of rotatable bonds is 2. The zero-order valence-corrected chi connectivity index (χ0v) is 12.2. The minimum Gasteiger partial charge on any atom is -0.266 e. The van der Waals surface area contributed by atoms with Gasteiger partial charge in [0.05, 0.1) is 17.8 Å². The summed E-state index contributed by atoms with van der Waals surface area (Å²) in [5, 5.41) is 4.29. The molecule has 0 bridgehead atoms. The van der Waals surface area contributed by atoms with Crippen molar-refractivity contribution in [2.24, 2.45) is 0 Å². The van der Waals surface area contributed by atoms with Crippen molar-refractivity contribution < 1.29 is 0 Å². The largest absolute Gasteiger partial charge is 0.287 e. The third kappa shape index (κ3) is 2.40. The standard InChI is InChI=1S/C13H10Cl2N2OS/c14-10-5-16-17(13(18)12(10)15)6-8-7-19-11-4-2-1-3-9(8)11/h1-5,8H,6-7H2. The topological polar surface area (TPSA) is 34.9 Å². The monoisotopic (exact) mass is 312 g/mol. The van der Waals surface area contributed by atoms with Crippen LogP contribution in [0.1, 0.15) is 11.5 Å². The lowest BCUT2D eigenvalue weighted by molar-refractivity contribution is 0.522. The molecule has 2 aromatic rings. The van der Waals surface area contributed by atoms with Crippen molar-refractivity contribution in [1.82, 2.24) is 9.78 Å². The van der Waals surface area contributed by atoms with Crippen molar-refractivity contribution in [3.63, 3.8) is 0 Å². The molecule has 0 N–H and O–H groups in total. The number of benzene rings is 1. The molecule has 0 aliphatic carbocycles. The summed E-state index contributed by atoms with van der Waals surface area (Å²) in [6.07, 6.45) is 1.42. The smallest absolute Gasteiger partial charge is 0.266 e. The molecule has 0 amide bonds. The highest BCUT2D eigenvalue weighted by molar-refractivity contribution is 7.99. The zero-order valence-electron chi connectivity index (χ0n) is 9.85. The van der Waals surface area contributed by atoms with Crippen molar-refractivity contribution >= 4 is 35.0 Å². The van der Waals surface area contributed by atoms with E-state index in [-0.39, 0.29) is 21.5 Å². The van der Waals surface area contributed by atoms with Gasteiger partial charge in [0, 0.05) is 16.6 Å². The van der Waals surface area contributed by atoms with Crippen LogP contribution in [-0.4, -0.2) is 15.5 Å². The molecule has 0 saturated heterocycles. The fourth-order valence-corrected chi connectivity index (χ4v) is 3.68. The maximum absolute atomic E-state index is 12.0. The van der Waals surface area contributed by atoms with Gasteiger partial charge in [-0.1, -0.05) is 41.4 Å². The third-order valence-electron chi connectivity index (χ3n) is 3.13. The van der Waals surface area contributed by atoms with Crippen molar-refractivity contribution in [1.29, 1.82) is 0 Å². The molecule has 1 aliphatic heterocycles. The summed E-state index contributed by atoms with van der Waals surface area (Å²) in [4.78, 5) is 13.2. The first-order valence-corrected chi connectivity index (χ1v) is 7.54. The molecule has 2 heterocycles. The molecule has 1 aliphatic rings. The van der Waals surface area contributed by atoms with E-state index in [1.165, 1.54) is 21.3 Å². The van der Waals surface area contributed by atoms with Crippen LogP contribution in [0.3, 0.4) is 0 Å². The maximum atomic E-state index is 12.0. The Balaban J connectivity index is 1.92. The Bertz CT molecular complexity index is 687. The number of thioether (sulfide) groups is 1. The average molecular weight is 313 g/mol. The van der Waals surface area contributed by atoms with Crippen LogP contribution in [0.25, 0.3) is 0 Å². The van der Waals surface area contributed by atoms with Crippen LogP contribution in [-0.2, 0) is 6.54 Å². The predicted molar refractivity (Wildman–Crippen MR) is 78.4 cm³/mol. The Labute approximate surface area is 124 Å². The fraction of sp³-hybridized carbons (Fsp3) is 0.231. The average Bonchev–Trinajstić information content (AvgIpc) is 2.83. The Morgan fingerprint density at radius 3 is 3.00 bits per heavy atom. The summed E-state index contributed by atoms with van der Waals surface area (Å²) in [5.41, 5.74) is 0.941. The Hall–Kier alpha value is -0.970. The summed E-state index contributed by atoms with van der Waals surface area (Å²) >= 11 is 13.4. The normalized spacial score (nSPS) is 17.5. The molecule has 1 aromatic carbocycles. The van der Waals surface area contributed by atoms with Crippen LogP contribution in [0, 0.1) is 0 Å². The Kier molecular flexibility index (Phi) is 3.56. The number of nitrogens with zero attached hydrogens (tertiary/aromatic N) is 2. The molecule has 0 fully saturated rings. The van der Waals surface area contributed by atoms with Gasteiger partial charge in [-0.25, -0.2) is 4.68 Å². The molecular formula is C13H10Cl2N2OS. The molecule has 19 heavy (non-hydrogen) atoms. The van der Waals surface area contributed by atoms with E-state index < -0.39 is 0 Å². The minimum absolute atomic E-state index is 0.0376. The van der Waals surface area contributed by atoms with Crippen LogP contribution >= 0.6 is 35.0 Å². The number of hydrogen-bond donors (Lipinski definition) is 0. The molecule has 0 radical (unpaired) electrons. The lowest BCUT2D eigenvalue weighted by atomic mass is 10.0. The molecule has 98 valence electrons. The second-order valence-electron chi connectivity index (χ2n) is 4.34. The van der Waals surface area contributed by atoms with Gasteiger partial charge in [-0.05, 0) is 11.6 Å². The molecule has 1 atom stereocenters. The van der Waals surface area contributed by atoms with E-state index in [4.69, 9.17) is 23.2 Å². The number of halogens is 2. The lowest BCUT2D eigenvalue weighted by Gasteiger charge is -2.12. The summed E-state index contributed by atoms with van der Waals surface area (Å²) in [7, 11) is 0. The Morgan fingerprint density at radius 2 is 2.16 bits per heavy atom. The SMILES string of the molecule is O=c1c(Cl)c(Cl)cnn1CC1CSc2ccccc21. The highest BCUT2D eigenvalue weighted by atomic mass is 35.5. The maximum Gasteiger partial charge on any atom is 0.287 e. The Morgan fingerprint density at radius 1 is 1.37 bits per heavy atom. The number of aromatic nitrogens is 2. The molecule has 1 aromatic heterocycles. The molecule has 3 nitrogen and oxygen atoms in total. The van der Waals surface area contributed by atoms with Crippen molar-refractivity contribution in [3.05, 3.63) is 56.4 Å². The zero-order chi connectivity index (χ0) is 13.4. The first-order valence-electron chi connectivity index (χ1n) is 5.79. The molecule has 6 heteroatoms. The highest BCUT2D eigenvalue weighted by Crippen LogP contribution is 2.39. The van der Waals surface area contributed by atoms with E-state index in [0.29, 0.717) is 6.54 Å². The first-order chi connectivity index (χ1) is 9.16. The molecular weight excluding hydrogens is 303 g/mol. The predicted octanol–water partition coefficient (Wildman–Crippen LogP) is 3.44. The van der Waals surface area contributed by atoms with E-state index in [2.05, 4.69) is 17.2 Å². The van der Waals surface area contributed by atoms with Gasteiger partial charge >= 0.3 is 0 Å². The van der Waals surface area contributed by atoms with Gasteiger partial charge in [0.2, 0.25) is 0 Å². The van der Waals surface area contributed by atoms with Crippen LogP contribution in [0.15, 0.2) is 40.2 Å². The highest BCUT2D eigenvalue weighted by Gasteiger charge is 2.24. The summed E-state index contributed by atoms with van der Waals surface area (Å²) in [6.45, 7) is 0.528. The van der Waals surface area contributed by atoms with Gasteiger partial charge in [-0.3, -0.25) is 4.79 Å². The van der Waals surface area contributed by atoms with Crippen molar-refractivity contribution in [2.75, 3.05) is 5.75 Å². The van der Waals surface area contributed by atoms with Gasteiger partial charge in [-0.15, -0.1) is 11.8 Å². The fourth-order valence-electron chi connectivity index (χ4n) is 2.16. The second-order valence-corrected chi connectivity index (χ2v) is 6.19. The second kappa shape index (κ2) is 5.19. The molecule has 0 saturated carbocycles. The summed E-state index contributed by atoms with van der Waals surface area (Å²) in [5.74, 6) is 1.23. The van der Waals surface area contributed by atoms with Gasteiger partial charge in [0.25, 0.3) is 5.56 Å². The van der Waals surface area contributed by atoms with Crippen LogP contribution in [0.2, 0.25) is 10.0 Å². The summed E-state index contributed by atoms with van der Waals surface area (Å²) in [6, 6.07) is 8.24. The molecule has 0 spiro atoms. The van der Waals surface area contributed by atoms with E-state index in [9.17, 15) is 4.79 Å². The van der Waals surface area contributed by atoms with Gasteiger partial charge < -0.3 is 0 Å². The van der Waals surface area contributed by atoms with Gasteiger partial charge in [-0.2, -0.15) is 5.10 Å². The van der Waals surface area contributed by atoms with Crippen molar-refractivity contribution in [3.8, 4) is 0 Å². The van der Waals surface area contributed by atoms with Crippen LogP contribution in [0.4, 0.5) is 0 Å². The first kappa shape index (κ1) is 13.0. The number of fused-ring (bicyclic) bond motifs is 1. The quantitative estimate of drug-likeness (QED) is 0.852. The van der Waals surface area contributed by atoms with Gasteiger partial charge in [0.1, 0.15) is 5.02 Å². The summed E-state index contributed by atoms with van der Waals surface area (Å²) < 4.78 is 1.39. The molecule has 1 unspecified atom stereocenters. The van der Waals surface area contributed by atoms with Crippen molar-refractivity contribution in [2.45, 2.75) is 17.4 Å². The van der Waals surface area contributed by atoms with E-state index in [0.717, 1.165) is 5.75 Å². The lowest BCUT2D eigenvalue weighted by Crippen LogP contribution is -2.26. The number of hydrogen-bond acceptors (Lipinski definition) is 3. The van der Waals surface area contributed by atoms with Crippen LogP contribution in [0.5, 0.6) is 0 Å². The van der Waals surface area contributed by atoms with E-state index in [1.807, 2.05) is 12.1 Å². The van der Waals surface area contributed by atoms with E-state index in [1.54, 1.807) is 11.8 Å². The van der Waals surface area contributed by atoms with Crippen LogP contribution < -0.4 is 5.56 Å². The van der Waals surface area contributed by atoms with E-state index >= 15 is 0 Å². The minimum atomic E-state index is -0.330. The van der Waals surface area contributed by atoms with Gasteiger partial charge in [0.15, 0.2) is 0 Å². The molecule has 3 rings (SSSR count).